The molecule has 0 unspecified atom stereocenters. The third kappa shape index (κ3) is 2.23. The van der Waals surface area contributed by atoms with E-state index in [9.17, 15) is 0 Å². The summed E-state index contributed by atoms with van der Waals surface area (Å²) < 4.78 is 0. The molecule has 0 amide bonds. The molecule has 4 N–H and O–H groups in total. The Balaban J connectivity index is 3.11. The molecule has 0 aliphatic carbocycles. The van der Waals surface area contributed by atoms with Crippen LogP contribution in [0, 0.1) is 0 Å². The van der Waals surface area contributed by atoms with Gasteiger partial charge >= 0.3 is 7.12 Å². The van der Waals surface area contributed by atoms with Gasteiger partial charge in [-0.1, -0.05) is 26.0 Å². The van der Waals surface area contributed by atoms with Crippen LogP contribution in [0.3, 0.4) is 0 Å². The molecular formula is C9H14BNO2. The average Bonchev–Trinajstić information content (AvgIpc) is 2.04. The van der Waals surface area contributed by atoms with Crippen molar-refractivity contribution >= 4 is 18.3 Å². The molecule has 1 aromatic carbocycles. The largest absolute Gasteiger partial charge is 0.490 e. The van der Waals surface area contributed by atoms with Crippen LogP contribution in [0.5, 0.6) is 0 Å². The summed E-state index contributed by atoms with van der Waals surface area (Å²) in [6.07, 6.45) is 0. The third-order valence-corrected chi connectivity index (χ3v) is 2.06. The van der Waals surface area contributed by atoms with Gasteiger partial charge in [-0.05, 0) is 17.5 Å². The Morgan fingerprint density at radius 1 is 1.31 bits per heavy atom. The standard InChI is InChI=1S/C9H14BNO2/c1-6(2)7-3-4-9(11)8(5-7)10(12)13/h3-6,12-13H,11H2,1-2H3. The summed E-state index contributed by atoms with van der Waals surface area (Å²) in [6.45, 7) is 4.08. The summed E-state index contributed by atoms with van der Waals surface area (Å²) in [4.78, 5) is 0. The molecule has 70 valence electrons. The van der Waals surface area contributed by atoms with Gasteiger partial charge in [0, 0.05) is 11.2 Å². The Labute approximate surface area is 78.3 Å². The zero-order valence-electron chi connectivity index (χ0n) is 7.86. The number of rotatable bonds is 2. The van der Waals surface area contributed by atoms with Crippen molar-refractivity contribution in [1.82, 2.24) is 0 Å². The summed E-state index contributed by atoms with van der Waals surface area (Å²) in [5.41, 5.74) is 7.42. The van der Waals surface area contributed by atoms with Crippen molar-refractivity contribution in [3.63, 3.8) is 0 Å². The molecule has 0 radical (unpaired) electrons. The van der Waals surface area contributed by atoms with Crippen LogP contribution in [0.1, 0.15) is 25.3 Å². The molecule has 4 heteroatoms. The minimum atomic E-state index is -1.49. The highest BCUT2D eigenvalue weighted by Gasteiger charge is 2.15. The van der Waals surface area contributed by atoms with Gasteiger partial charge in [0.1, 0.15) is 0 Å². The molecule has 0 bridgehead atoms. The number of anilines is 1. The van der Waals surface area contributed by atoms with Crippen molar-refractivity contribution < 1.29 is 10.0 Å². The topological polar surface area (TPSA) is 66.5 Å². The molecule has 1 aromatic rings. The highest BCUT2D eigenvalue weighted by atomic mass is 16.4. The first-order chi connectivity index (χ1) is 6.02. The molecular weight excluding hydrogens is 165 g/mol. The van der Waals surface area contributed by atoms with Crippen LogP contribution in [-0.4, -0.2) is 17.2 Å². The predicted molar refractivity (Wildman–Crippen MR) is 54.8 cm³/mol. The molecule has 0 aliphatic rings. The van der Waals surface area contributed by atoms with Gasteiger partial charge < -0.3 is 15.8 Å². The summed E-state index contributed by atoms with van der Waals surface area (Å²) in [5, 5.41) is 18.0. The number of hydrogen-bond donors (Lipinski definition) is 3. The van der Waals surface area contributed by atoms with Crippen LogP contribution in [0.2, 0.25) is 0 Å². The maximum absolute atomic E-state index is 8.99. The molecule has 0 saturated carbocycles. The lowest BCUT2D eigenvalue weighted by Gasteiger charge is -2.09. The lowest BCUT2D eigenvalue weighted by Crippen LogP contribution is -2.32. The number of nitrogen functional groups attached to an aromatic ring is 1. The van der Waals surface area contributed by atoms with E-state index < -0.39 is 7.12 Å². The lowest BCUT2D eigenvalue weighted by atomic mass is 9.77. The summed E-state index contributed by atoms with van der Waals surface area (Å²) in [7, 11) is -1.49. The molecule has 0 atom stereocenters. The highest BCUT2D eigenvalue weighted by molar-refractivity contribution is 6.60. The second kappa shape index (κ2) is 3.81. The van der Waals surface area contributed by atoms with E-state index in [2.05, 4.69) is 0 Å². The van der Waals surface area contributed by atoms with Crippen LogP contribution < -0.4 is 11.2 Å². The number of hydrogen-bond acceptors (Lipinski definition) is 3. The SMILES string of the molecule is CC(C)c1ccc(N)c(B(O)O)c1. The van der Waals surface area contributed by atoms with Crippen molar-refractivity contribution in [3.05, 3.63) is 23.8 Å². The molecule has 0 fully saturated rings. The Hall–Kier alpha value is -0.995. The maximum atomic E-state index is 8.99. The van der Waals surface area contributed by atoms with Crippen LogP contribution in [-0.2, 0) is 0 Å². The van der Waals surface area contributed by atoms with Crippen LogP contribution >= 0.6 is 0 Å². The van der Waals surface area contributed by atoms with E-state index >= 15 is 0 Å². The smallest absolute Gasteiger partial charge is 0.423 e. The van der Waals surface area contributed by atoms with Gasteiger partial charge in [0.2, 0.25) is 0 Å². The van der Waals surface area contributed by atoms with Crippen molar-refractivity contribution in [1.29, 1.82) is 0 Å². The molecule has 0 aliphatic heterocycles. The molecule has 0 heterocycles. The van der Waals surface area contributed by atoms with Gasteiger partial charge in [-0.25, -0.2) is 0 Å². The van der Waals surface area contributed by atoms with Crippen LogP contribution in [0.4, 0.5) is 5.69 Å². The highest BCUT2D eigenvalue weighted by Crippen LogP contribution is 2.14. The second-order valence-corrected chi connectivity index (χ2v) is 3.42. The first-order valence-corrected chi connectivity index (χ1v) is 4.28. The van der Waals surface area contributed by atoms with Gasteiger partial charge in [-0.15, -0.1) is 0 Å². The third-order valence-electron chi connectivity index (χ3n) is 2.06. The van der Waals surface area contributed by atoms with E-state index in [1.807, 2.05) is 19.9 Å². The fourth-order valence-electron chi connectivity index (χ4n) is 1.18. The van der Waals surface area contributed by atoms with Crippen LogP contribution in [0.25, 0.3) is 0 Å². The van der Waals surface area contributed by atoms with Crippen molar-refractivity contribution in [2.24, 2.45) is 0 Å². The maximum Gasteiger partial charge on any atom is 0.490 e. The zero-order valence-corrected chi connectivity index (χ0v) is 7.86. The van der Waals surface area contributed by atoms with E-state index in [-0.39, 0.29) is 0 Å². The molecule has 0 saturated heterocycles. The summed E-state index contributed by atoms with van der Waals surface area (Å²) in [5.74, 6) is 0.359. The normalized spacial score (nSPS) is 10.5. The molecule has 0 aromatic heterocycles. The lowest BCUT2D eigenvalue weighted by molar-refractivity contribution is 0.426. The first-order valence-electron chi connectivity index (χ1n) is 4.28. The van der Waals surface area contributed by atoms with Gasteiger partial charge in [-0.3, -0.25) is 0 Å². The molecule has 3 nitrogen and oxygen atoms in total. The minimum Gasteiger partial charge on any atom is -0.423 e. The fourth-order valence-corrected chi connectivity index (χ4v) is 1.18. The Morgan fingerprint density at radius 2 is 1.92 bits per heavy atom. The van der Waals surface area contributed by atoms with Crippen molar-refractivity contribution in [2.75, 3.05) is 5.73 Å². The fraction of sp³-hybridized carbons (Fsp3) is 0.333. The number of benzene rings is 1. The van der Waals surface area contributed by atoms with E-state index in [0.29, 0.717) is 17.1 Å². The predicted octanol–water partition coefficient (Wildman–Crippen LogP) is 0.0720. The van der Waals surface area contributed by atoms with Crippen molar-refractivity contribution in [2.45, 2.75) is 19.8 Å². The van der Waals surface area contributed by atoms with E-state index in [1.165, 1.54) is 0 Å². The molecule has 1 rings (SSSR count). The average molecular weight is 179 g/mol. The van der Waals surface area contributed by atoms with Gasteiger partial charge in [0.25, 0.3) is 0 Å². The Bertz CT molecular complexity index is 300. The Morgan fingerprint density at radius 3 is 2.38 bits per heavy atom. The zero-order chi connectivity index (χ0) is 10.0. The van der Waals surface area contributed by atoms with E-state index in [0.717, 1.165) is 5.56 Å². The monoisotopic (exact) mass is 179 g/mol. The first kappa shape index (κ1) is 10.1. The van der Waals surface area contributed by atoms with Gasteiger partial charge in [0.15, 0.2) is 0 Å². The van der Waals surface area contributed by atoms with Gasteiger partial charge in [-0.2, -0.15) is 0 Å². The van der Waals surface area contributed by atoms with Crippen molar-refractivity contribution in [3.8, 4) is 0 Å². The minimum absolute atomic E-state index is 0.359. The van der Waals surface area contributed by atoms with E-state index in [4.69, 9.17) is 15.8 Å². The summed E-state index contributed by atoms with van der Waals surface area (Å²) >= 11 is 0. The van der Waals surface area contributed by atoms with E-state index in [1.54, 1.807) is 12.1 Å². The number of nitrogens with two attached hydrogens (primary N) is 1. The summed E-state index contributed by atoms with van der Waals surface area (Å²) in [6, 6.07) is 5.32. The van der Waals surface area contributed by atoms with Crippen LogP contribution in [0.15, 0.2) is 18.2 Å². The quantitative estimate of drug-likeness (QED) is 0.444. The molecule has 13 heavy (non-hydrogen) atoms. The van der Waals surface area contributed by atoms with Gasteiger partial charge in [0.05, 0.1) is 0 Å². The Kier molecular flexibility index (Phi) is 2.96. The second-order valence-electron chi connectivity index (χ2n) is 3.42. The molecule has 0 spiro atoms.